The molecule has 27 heavy (non-hydrogen) atoms. The van der Waals surface area contributed by atoms with Gasteiger partial charge in [-0.2, -0.15) is 0 Å². The minimum Gasteiger partial charge on any atom is -0.445 e. The molecule has 9 heteroatoms. The summed E-state index contributed by atoms with van der Waals surface area (Å²) in [6, 6.07) is 9.30. The van der Waals surface area contributed by atoms with E-state index < -0.39 is 18.3 Å². The lowest BCUT2D eigenvalue weighted by molar-refractivity contribution is 0.0145. The number of aromatic amines is 1. The second-order valence-electron chi connectivity index (χ2n) is 6.02. The van der Waals surface area contributed by atoms with Gasteiger partial charge in [0.2, 0.25) is 0 Å². The predicted molar refractivity (Wildman–Crippen MR) is 98.5 cm³/mol. The van der Waals surface area contributed by atoms with Crippen molar-refractivity contribution in [3.63, 3.8) is 0 Å². The molecule has 0 saturated heterocycles. The maximum atomic E-state index is 11.7. The van der Waals surface area contributed by atoms with Crippen LogP contribution in [0.4, 0.5) is 10.6 Å². The van der Waals surface area contributed by atoms with Crippen molar-refractivity contribution in [1.29, 1.82) is 0 Å². The van der Waals surface area contributed by atoms with Crippen molar-refractivity contribution >= 4 is 22.9 Å². The van der Waals surface area contributed by atoms with E-state index in [0.29, 0.717) is 16.6 Å². The molecule has 0 spiro atoms. The third-order valence-corrected chi connectivity index (χ3v) is 4.13. The van der Waals surface area contributed by atoms with Crippen molar-refractivity contribution in [1.82, 2.24) is 20.3 Å². The van der Waals surface area contributed by atoms with Gasteiger partial charge in [0.25, 0.3) is 0 Å². The van der Waals surface area contributed by atoms with E-state index in [0.717, 1.165) is 5.56 Å². The Bertz CT molecular complexity index is 899. The van der Waals surface area contributed by atoms with Crippen LogP contribution in [0.1, 0.15) is 23.7 Å². The number of alkyl carbamates (subject to hydrolysis) is 1. The van der Waals surface area contributed by atoms with Crippen molar-refractivity contribution in [3.05, 3.63) is 54.0 Å². The maximum absolute atomic E-state index is 11.7. The monoisotopic (exact) mass is 371 g/mol. The van der Waals surface area contributed by atoms with Gasteiger partial charge in [0, 0.05) is 18.3 Å². The normalized spacial score (nSPS) is 13.3. The largest absolute Gasteiger partial charge is 0.445 e. The number of H-pyrrole nitrogens is 1. The Morgan fingerprint density at radius 1 is 1.26 bits per heavy atom. The van der Waals surface area contributed by atoms with Crippen molar-refractivity contribution < 1.29 is 19.7 Å². The molecule has 0 bridgehead atoms. The Morgan fingerprint density at radius 3 is 2.81 bits per heavy atom. The number of carbonyl (C=O) groups excluding carboxylic acids is 1. The SMILES string of the molecule is Nc1ncnc2[nH]cc(C(O)C(O)CCNC(=O)OCc3ccccc3)c12. The average Bonchev–Trinajstić information content (AvgIpc) is 3.12. The van der Waals surface area contributed by atoms with Crippen LogP contribution in [-0.4, -0.2) is 43.9 Å². The molecule has 1 aromatic carbocycles. The van der Waals surface area contributed by atoms with Gasteiger partial charge >= 0.3 is 6.09 Å². The number of amides is 1. The number of benzene rings is 1. The fraction of sp³-hybridized carbons (Fsp3) is 0.278. The standard InChI is InChI=1S/C18H21N5O4/c19-16-14-12(8-21-17(14)23-10-22-16)15(25)13(24)6-7-20-18(26)27-9-11-4-2-1-3-5-11/h1-5,8,10,13,15,24-25H,6-7,9H2,(H,20,26)(H3,19,21,22,23). The van der Waals surface area contributed by atoms with Crippen LogP contribution in [0.2, 0.25) is 0 Å². The second kappa shape index (κ2) is 8.47. The van der Waals surface area contributed by atoms with Crippen LogP contribution in [0.3, 0.4) is 0 Å². The smallest absolute Gasteiger partial charge is 0.407 e. The van der Waals surface area contributed by atoms with Gasteiger partial charge in [0.15, 0.2) is 0 Å². The number of nitrogens with one attached hydrogen (secondary N) is 2. The predicted octanol–water partition coefficient (Wildman–Crippen LogP) is 1.25. The number of nitrogen functional groups attached to an aromatic ring is 1. The molecule has 1 amide bonds. The van der Waals surface area contributed by atoms with Gasteiger partial charge in [0.05, 0.1) is 11.5 Å². The lowest BCUT2D eigenvalue weighted by Crippen LogP contribution is -2.29. The van der Waals surface area contributed by atoms with Crippen LogP contribution in [0.5, 0.6) is 0 Å². The van der Waals surface area contributed by atoms with Gasteiger partial charge < -0.3 is 31.0 Å². The zero-order valence-electron chi connectivity index (χ0n) is 14.5. The topological polar surface area (TPSA) is 146 Å². The van der Waals surface area contributed by atoms with Crippen molar-refractivity contribution in [2.45, 2.75) is 25.2 Å². The number of aliphatic hydroxyl groups excluding tert-OH is 2. The van der Waals surface area contributed by atoms with Crippen LogP contribution in [0.15, 0.2) is 42.9 Å². The van der Waals surface area contributed by atoms with Crippen LogP contribution in [-0.2, 0) is 11.3 Å². The van der Waals surface area contributed by atoms with Gasteiger partial charge in [0.1, 0.15) is 30.5 Å². The van der Waals surface area contributed by atoms with Crippen molar-refractivity contribution in [3.8, 4) is 0 Å². The molecule has 0 aliphatic carbocycles. The first-order valence-corrected chi connectivity index (χ1v) is 8.44. The van der Waals surface area contributed by atoms with Crippen LogP contribution < -0.4 is 11.1 Å². The third-order valence-electron chi connectivity index (χ3n) is 4.13. The number of hydrogen-bond acceptors (Lipinski definition) is 7. The lowest BCUT2D eigenvalue weighted by atomic mass is 10.0. The molecule has 9 nitrogen and oxygen atoms in total. The molecule has 2 unspecified atom stereocenters. The van der Waals surface area contributed by atoms with E-state index in [9.17, 15) is 15.0 Å². The minimum absolute atomic E-state index is 0.127. The number of nitrogens with two attached hydrogens (primary N) is 1. The fourth-order valence-electron chi connectivity index (χ4n) is 2.71. The maximum Gasteiger partial charge on any atom is 0.407 e. The zero-order chi connectivity index (χ0) is 19.2. The Kier molecular flexibility index (Phi) is 5.84. The number of ether oxygens (including phenoxy) is 1. The highest BCUT2D eigenvalue weighted by molar-refractivity contribution is 5.89. The van der Waals surface area contributed by atoms with E-state index in [-0.39, 0.29) is 25.4 Å². The molecule has 0 saturated carbocycles. The molecule has 0 fully saturated rings. The second-order valence-corrected chi connectivity index (χ2v) is 6.02. The van der Waals surface area contributed by atoms with E-state index in [1.54, 1.807) is 0 Å². The summed E-state index contributed by atoms with van der Waals surface area (Å²) >= 11 is 0. The summed E-state index contributed by atoms with van der Waals surface area (Å²) in [5, 5.41) is 23.6. The van der Waals surface area contributed by atoms with Crippen LogP contribution in [0, 0.1) is 0 Å². The van der Waals surface area contributed by atoms with Crippen LogP contribution >= 0.6 is 0 Å². The quantitative estimate of drug-likeness (QED) is 0.420. The summed E-state index contributed by atoms with van der Waals surface area (Å²) in [6.45, 7) is 0.298. The number of fused-ring (bicyclic) bond motifs is 1. The van der Waals surface area contributed by atoms with Crippen molar-refractivity contribution in [2.75, 3.05) is 12.3 Å². The summed E-state index contributed by atoms with van der Waals surface area (Å²) in [4.78, 5) is 22.5. The van der Waals surface area contributed by atoms with E-state index in [1.807, 2.05) is 30.3 Å². The van der Waals surface area contributed by atoms with Gasteiger partial charge in [-0.1, -0.05) is 30.3 Å². The summed E-state index contributed by atoms with van der Waals surface area (Å²) in [5.41, 5.74) is 7.58. The number of nitrogens with zero attached hydrogens (tertiary/aromatic N) is 2. The number of hydrogen-bond donors (Lipinski definition) is 5. The zero-order valence-corrected chi connectivity index (χ0v) is 14.5. The summed E-state index contributed by atoms with van der Waals surface area (Å²) < 4.78 is 5.08. The molecule has 2 heterocycles. The third kappa shape index (κ3) is 4.52. The Balaban J connectivity index is 1.48. The summed E-state index contributed by atoms with van der Waals surface area (Å²) in [5.74, 6) is 0.213. The average molecular weight is 371 g/mol. The molecule has 0 aliphatic rings. The Labute approximate surface area is 155 Å². The summed E-state index contributed by atoms with van der Waals surface area (Å²) in [7, 11) is 0. The number of rotatable bonds is 7. The number of aromatic nitrogens is 3. The highest BCUT2D eigenvalue weighted by Gasteiger charge is 2.23. The Morgan fingerprint density at radius 2 is 2.04 bits per heavy atom. The molecule has 6 N–H and O–H groups in total. The first-order chi connectivity index (χ1) is 13.1. The van der Waals surface area contributed by atoms with E-state index in [4.69, 9.17) is 10.5 Å². The number of carbonyl (C=O) groups is 1. The van der Waals surface area contributed by atoms with Gasteiger partial charge in [-0.25, -0.2) is 14.8 Å². The molecule has 2 atom stereocenters. The van der Waals surface area contributed by atoms with Crippen LogP contribution in [0.25, 0.3) is 11.0 Å². The molecule has 3 aromatic rings. The van der Waals surface area contributed by atoms with Gasteiger partial charge in [-0.15, -0.1) is 0 Å². The molecule has 142 valence electrons. The highest BCUT2D eigenvalue weighted by Crippen LogP contribution is 2.28. The van der Waals surface area contributed by atoms with Gasteiger partial charge in [-0.3, -0.25) is 0 Å². The first kappa shape index (κ1) is 18.6. The minimum atomic E-state index is -1.20. The van der Waals surface area contributed by atoms with Gasteiger partial charge in [-0.05, 0) is 12.0 Å². The summed E-state index contributed by atoms with van der Waals surface area (Å²) in [6.07, 6.45) is 0.0659. The molecule has 2 aromatic heterocycles. The first-order valence-electron chi connectivity index (χ1n) is 8.44. The molecular weight excluding hydrogens is 350 g/mol. The van der Waals surface area contributed by atoms with E-state index >= 15 is 0 Å². The van der Waals surface area contributed by atoms with E-state index in [1.165, 1.54) is 12.5 Å². The highest BCUT2D eigenvalue weighted by atomic mass is 16.5. The molecule has 0 aliphatic heterocycles. The number of anilines is 1. The molecule has 0 radical (unpaired) electrons. The van der Waals surface area contributed by atoms with Crippen molar-refractivity contribution in [2.24, 2.45) is 0 Å². The number of aliphatic hydroxyl groups is 2. The molecule has 3 rings (SSSR count). The molecular formula is C18H21N5O4. The van der Waals surface area contributed by atoms with E-state index in [2.05, 4.69) is 20.3 Å². The fourth-order valence-corrected chi connectivity index (χ4v) is 2.71. The lowest BCUT2D eigenvalue weighted by Gasteiger charge is -2.17. The Hall–Kier alpha value is -3.17.